The van der Waals surface area contributed by atoms with Gasteiger partial charge in [-0.1, -0.05) is 6.92 Å². The van der Waals surface area contributed by atoms with Crippen molar-refractivity contribution in [2.45, 2.75) is 26.2 Å². The van der Waals surface area contributed by atoms with E-state index in [2.05, 4.69) is 4.98 Å². The molecule has 0 spiro atoms. The molecular formula is C16H17NO2S. The summed E-state index contributed by atoms with van der Waals surface area (Å²) in [6, 6.07) is 7.44. The summed E-state index contributed by atoms with van der Waals surface area (Å²) in [6.07, 6.45) is 2.70. The Morgan fingerprint density at radius 1 is 1.45 bits per heavy atom. The van der Waals surface area contributed by atoms with Gasteiger partial charge < -0.3 is 4.74 Å². The van der Waals surface area contributed by atoms with E-state index < -0.39 is 0 Å². The van der Waals surface area contributed by atoms with Crippen molar-refractivity contribution in [3.63, 3.8) is 0 Å². The summed E-state index contributed by atoms with van der Waals surface area (Å²) in [5.41, 5.74) is 0.473. The van der Waals surface area contributed by atoms with E-state index in [1.807, 2.05) is 43.5 Å². The van der Waals surface area contributed by atoms with E-state index >= 15 is 0 Å². The average molecular weight is 287 g/mol. The first kappa shape index (κ1) is 13.3. The number of carbonyl (C=O) groups is 1. The zero-order chi connectivity index (χ0) is 14.2. The number of hydrogen-bond donors (Lipinski definition) is 0. The first-order valence-corrected chi connectivity index (χ1v) is 7.70. The third kappa shape index (κ3) is 2.24. The maximum absolute atomic E-state index is 12.6. The van der Waals surface area contributed by atoms with Crippen LogP contribution in [0.3, 0.4) is 0 Å². The number of ketones is 1. The highest BCUT2D eigenvalue weighted by molar-refractivity contribution is 7.09. The predicted octanol–water partition coefficient (Wildman–Crippen LogP) is 3.92. The Bertz CT molecular complexity index is 606. The largest absolute Gasteiger partial charge is 0.494 e. The number of thiazole rings is 1. The van der Waals surface area contributed by atoms with Crippen LogP contribution in [0.15, 0.2) is 35.8 Å². The fraction of sp³-hybridized carbons (Fsp3) is 0.375. The van der Waals surface area contributed by atoms with E-state index in [-0.39, 0.29) is 17.1 Å². The minimum atomic E-state index is -0.287. The van der Waals surface area contributed by atoms with Crippen LogP contribution >= 0.6 is 11.3 Å². The molecule has 2 atom stereocenters. The van der Waals surface area contributed by atoms with Crippen molar-refractivity contribution in [2.75, 3.05) is 6.61 Å². The van der Waals surface area contributed by atoms with Gasteiger partial charge in [-0.05, 0) is 37.6 Å². The molecule has 4 heteroatoms. The van der Waals surface area contributed by atoms with Crippen LogP contribution in [0.4, 0.5) is 0 Å². The fourth-order valence-corrected chi connectivity index (χ4v) is 3.47. The van der Waals surface area contributed by atoms with Crippen LogP contribution in [-0.2, 0) is 0 Å². The van der Waals surface area contributed by atoms with Crippen molar-refractivity contribution >= 4 is 17.1 Å². The SMILES string of the molecule is CCOc1ccc(C(=O)C2(C)CC2c2nccs2)cc1. The maximum Gasteiger partial charge on any atom is 0.169 e. The zero-order valence-corrected chi connectivity index (χ0v) is 12.4. The van der Waals surface area contributed by atoms with E-state index in [0.717, 1.165) is 22.7 Å². The normalized spacial score (nSPS) is 24.4. The second kappa shape index (κ2) is 5.02. The van der Waals surface area contributed by atoms with Gasteiger partial charge in [0, 0.05) is 28.5 Å². The van der Waals surface area contributed by atoms with Crippen molar-refractivity contribution in [1.82, 2.24) is 4.98 Å². The number of aromatic nitrogens is 1. The molecule has 0 bridgehead atoms. The lowest BCUT2D eigenvalue weighted by molar-refractivity contribution is 0.0908. The van der Waals surface area contributed by atoms with Gasteiger partial charge in [0.25, 0.3) is 0 Å². The van der Waals surface area contributed by atoms with Crippen molar-refractivity contribution < 1.29 is 9.53 Å². The molecule has 2 aromatic rings. The van der Waals surface area contributed by atoms with Gasteiger partial charge in [-0.25, -0.2) is 4.98 Å². The van der Waals surface area contributed by atoms with Gasteiger partial charge in [-0.3, -0.25) is 4.79 Å². The molecule has 1 saturated carbocycles. The number of rotatable bonds is 5. The van der Waals surface area contributed by atoms with Crippen LogP contribution in [0.2, 0.25) is 0 Å². The van der Waals surface area contributed by atoms with Crippen LogP contribution < -0.4 is 4.74 Å². The van der Waals surface area contributed by atoms with Gasteiger partial charge in [0.05, 0.1) is 11.6 Å². The van der Waals surface area contributed by atoms with Crippen molar-refractivity contribution in [3.8, 4) is 5.75 Å². The van der Waals surface area contributed by atoms with Crippen molar-refractivity contribution in [3.05, 3.63) is 46.4 Å². The van der Waals surface area contributed by atoms with Crippen molar-refractivity contribution in [1.29, 1.82) is 0 Å². The molecule has 3 rings (SSSR count). The molecule has 20 heavy (non-hydrogen) atoms. The van der Waals surface area contributed by atoms with Crippen LogP contribution in [0, 0.1) is 5.41 Å². The van der Waals surface area contributed by atoms with Gasteiger partial charge >= 0.3 is 0 Å². The summed E-state index contributed by atoms with van der Waals surface area (Å²) in [4.78, 5) is 17.0. The van der Waals surface area contributed by atoms with Crippen LogP contribution in [-0.4, -0.2) is 17.4 Å². The molecule has 1 aromatic heterocycles. The molecule has 2 unspecified atom stereocenters. The highest BCUT2D eigenvalue weighted by Gasteiger charge is 2.57. The summed E-state index contributed by atoms with van der Waals surface area (Å²) < 4.78 is 5.40. The fourth-order valence-electron chi connectivity index (χ4n) is 2.58. The van der Waals surface area contributed by atoms with Crippen LogP contribution in [0.5, 0.6) is 5.75 Å². The Morgan fingerprint density at radius 3 is 2.80 bits per heavy atom. The summed E-state index contributed by atoms with van der Waals surface area (Å²) in [5, 5.41) is 3.04. The number of carbonyl (C=O) groups excluding carboxylic acids is 1. The molecule has 0 N–H and O–H groups in total. The Balaban J connectivity index is 1.76. The molecule has 1 aromatic carbocycles. The molecule has 3 nitrogen and oxygen atoms in total. The Labute approximate surface area is 122 Å². The second-order valence-electron chi connectivity index (χ2n) is 5.33. The highest BCUT2D eigenvalue weighted by Crippen LogP contribution is 2.60. The summed E-state index contributed by atoms with van der Waals surface area (Å²) in [5.74, 6) is 1.30. The molecule has 1 heterocycles. The Morgan fingerprint density at radius 2 is 2.20 bits per heavy atom. The molecule has 0 radical (unpaired) electrons. The topological polar surface area (TPSA) is 39.2 Å². The maximum atomic E-state index is 12.6. The zero-order valence-electron chi connectivity index (χ0n) is 11.6. The van der Waals surface area contributed by atoms with Gasteiger partial charge in [0.1, 0.15) is 5.75 Å². The van der Waals surface area contributed by atoms with Crippen LogP contribution in [0.1, 0.15) is 41.6 Å². The minimum Gasteiger partial charge on any atom is -0.494 e. The lowest BCUT2D eigenvalue weighted by Gasteiger charge is -2.10. The van der Waals surface area contributed by atoms with Crippen LogP contribution in [0.25, 0.3) is 0 Å². The molecule has 0 amide bonds. The predicted molar refractivity (Wildman–Crippen MR) is 79.5 cm³/mol. The number of benzene rings is 1. The van der Waals surface area contributed by atoms with E-state index in [9.17, 15) is 4.79 Å². The quantitative estimate of drug-likeness (QED) is 0.782. The molecule has 1 fully saturated rings. The first-order chi connectivity index (χ1) is 9.65. The lowest BCUT2D eigenvalue weighted by atomic mass is 9.94. The summed E-state index contributed by atoms with van der Waals surface area (Å²) in [6.45, 7) is 4.62. The Kier molecular flexibility index (Phi) is 3.34. The van der Waals surface area contributed by atoms with E-state index in [1.165, 1.54) is 0 Å². The molecule has 1 aliphatic rings. The Hall–Kier alpha value is -1.68. The van der Waals surface area contributed by atoms with E-state index in [0.29, 0.717) is 6.61 Å². The third-order valence-electron chi connectivity index (χ3n) is 3.93. The molecule has 0 saturated heterocycles. The molecular weight excluding hydrogens is 270 g/mol. The van der Waals surface area contributed by atoms with E-state index in [4.69, 9.17) is 4.74 Å². The molecule has 1 aliphatic carbocycles. The highest BCUT2D eigenvalue weighted by atomic mass is 32.1. The van der Waals surface area contributed by atoms with Gasteiger partial charge in [-0.2, -0.15) is 0 Å². The number of ether oxygens (including phenoxy) is 1. The number of nitrogens with zero attached hydrogens (tertiary/aromatic N) is 1. The standard InChI is InChI=1S/C16H17NO2S/c1-3-19-12-6-4-11(5-7-12)14(18)16(2)10-13(16)15-17-8-9-20-15/h4-9,13H,3,10H2,1-2H3. The molecule has 0 aliphatic heterocycles. The second-order valence-corrected chi connectivity index (χ2v) is 6.26. The van der Waals surface area contributed by atoms with Gasteiger partial charge in [-0.15, -0.1) is 11.3 Å². The van der Waals surface area contributed by atoms with Gasteiger partial charge in [0.15, 0.2) is 5.78 Å². The smallest absolute Gasteiger partial charge is 0.169 e. The lowest BCUT2D eigenvalue weighted by Crippen LogP contribution is -2.14. The number of hydrogen-bond acceptors (Lipinski definition) is 4. The van der Waals surface area contributed by atoms with E-state index in [1.54, 1.807) is 17.5 Å². The summed E-state index contributed by atoms with van der Waals surface area (Å²) in [7, 11) is 0. The summed E-state index contributed by atoms with van der Waals surface area (Å²) >= 11 is 1.63. The monoisotopic (exact) mass is 287 g/mol. The molecule has 104 valence electrons. The van der Waals surface area contributed by atoms with Gasteiger partial charge in [0.2, 0.25) is 0 Å². The number of Topliss-reactive ketones (excluding diaryl/α,β-unsaturated/α-hetero) is 1. The minimum absolute atomic E-state index is 0.209. The van der Waals surface area contributed by atoms with Crippen molar-refractivity contribution in [2.24, 2.45) is 5.41 Å². The average Bonchev–Trinajstić information content (AvgIpc) is 2.91. The third-order valence-corrected chi connectivity index (χ3v) is 4.82. The first-order valence-electron chi connectivity index (χ1n) is 6.82.